The fourth-order valence-corrected chi connectivity index (χ4v) is 2.83. The Morgan fingerprint density at radius 1 is 1.05 bits per heavy atom. The van der Waals surface area contributed by atoms with Crippen molar-refractivity contribution in [2.45, 2.75) is 18.8 Å². The average Bonchev–Trinajstić information content (AvgIpc) is 3.13. The Morgan fingerprint density at radius 3 is 2.29 bits per heavy atom. The first-order valence-electron chi connectivity index (χ1n) is 6.83. The van der Waals surface area contributed by atoms with Crippen LogP contribution in [0.5, 0.6) is 0 Å². The third kappa shape index (κ3) is 2.56. The van der Waals surface area contributed by atoms with Crippen LogP contribution in [0.15, 0.2) is 42.5 Å². The summed E-state index contributed by atoms with van der Waals surface area (Å²) in [4.78, 5) is 24.1. The maximum Gasteiger partial charge on any atom is 0.313 e. The Bertz CT molecular complexity index is 565. The van der Waals surface area contributed by atoms with E-state index in [2.05, 4.69) is 0 Å². The van der Waals surface area contributed by atoms with Crippen LogP contribution >= 0.6 is 0 Å². The largest absolute Gasteiger partial charge is 0.469 e. The molecule has 0 amide bonds. The Kier molecular flexibility index (Phi) is 3.75. The van der Waals surface area contributed by atoms with Crippen LogP contribution in [0.2, 0.25) is 0 Å². The van der Waals surface area contributed by atoms with Gasteiger partial charge in [-0.2, -0.15) is 0 Å². The molecule has 1 aromatic rings. The number of rotatable bonds is 4. The quantitative estimate of drug-likeness (QED) is 0.620. The molecule has 3 rings (SSSR count). The number of esters is 2. The second-order valence-electron chi connectivity index (χ2n) is 5.12. The lowest BCUT2D eigenvalue weighted by Gasteiger charge is -2.21. The molecule has 1 aromatic carbocycles. The molecular weight excluding hydrogens is 272 g/mol. The number of hydrogen-bond donors (Lipinski definition) is 0. The molecule has 1 fully saturated rings. The van der Waals surface area contributed by atoms with Crippen LogP contribution in [0.4, 0.5) is 0 Å². The summed E-state index contributed by atoms with van der Waals surface area (Å²) in [6, 6.07) is 9.41. The fourth-order valence-electron chi connectivity index (χ4n) is 2.83. The molecule has 2 aliphatic heterocycles. The Labute approximate surface area is 122 Å². The van der Waals surface area contributed by atoms with E-state index < -0.39 is 36.0 Å². The van der Waals surface area contributed by atoms with Crippen LogP contribution in [0.1, 0.15) is 5.56 Å². The zero-order valence-electron chi connectivity index (χ0n) is 11.6. The van der Waals surface area contributed by atoms with Crippen molar-refractivity contribution in [3.8, 4) is 0 Å². The fraction of sp³-hybridized carbons (Fsp3) is 0.375. The van der Waals surface area contributed by atoms with Gasteiger partial charge in [-0.25, -0.2) is 0 Å². The van der Waals surface area contributed by atoms with E-state index in [-0.39, 0.29) is 6.61 Å². The van der Waals surface area contributed by atoms with E-state index in [4.69, 9.17) is 14.2 Å². The highest BCUT2D eigenvalue weighted by molar-refractivity contribution is 5.85. The summed E-state index contributed by atoms with van der Waals surface area (Å²) < 4.78 is 15.7. The summed E-state index contributed by atoms with van der Waals surface area (Å²) in [6.45, 7) is 0.186. The van der Waals surface area contributed by atoms with E-state index in [9.17, 15) is 9.59 Å². The molecule has 0 aromatic heterocycles. The molecule has 5 heteroatoms. The minimum Gasteiger partial charge on any atom is -0.469 e. The van der Waals surface area contributed by atoms with Gasteiger partial charge in [0.25, 0.3) is 0 Å². The van der Waals surface area contributed by atoms with Gasteiger partial charge in [0.2, 0.25) is 0 Å². The third-order valence-corrected chi connectivity index (χ3v) is 3.87. The molecule has 4 unspecified atom stereocenters. The predicted octanol–water partition coefficient (Wildman–Crippen LogP) is 1.47. The van der Waals surface area contributed by atoms with Gasteiger partial charge in [-0.05, 0) is 5.56 Å². The number of methoxy groups -OCH3 is 1. The monoisotopic (exact) mass is 288 g/mol. The highest BCUT2D eigenvalue weighted by Gasteiger charge is 2.54. The van der Waals surface area contributed by atoms with Crippen LogP contribution in [0.25, 0.3) is 0 Å². The van der Waals surface area contributed by atoms with Gasteiger partial charge in [0.05, 0.1) is 19.3 Å². The summed E-state index contributed by atoms with van der Waals surface area (Å²) >= 11 is 0. The van der Waals surface area contributed by atoms with Gasteiger partial charge in [0.1, 0.15) is 18.4 Å². The Balaban J connectivity index is 1.68. The zero-order valence-corrected chi connectivity index (χ0v) is 11.6. The minimum atomic E-state index is -0.629. The summed E-state index contributed by atoms with van der Waals surface area (Å²) in [7, 11) is 1.31. The van der Waals surface area contributed by atoms with Crippen molar-refractivity contribution < 1.29 is 23.8 Å². The average molecular weight is 288 g/mol. The van der Waals surface area contributed by atoms with Gasteiger partial charge in [-0.3, -0.25) is 9.59 Å². The van der Waals surface area contributed by atoms with Crippen molar-refractivity contribution in [3.05, 3.63) is 48.0 Å². The molecule has 2 bridgehead atoms. The first-order valence-corrected chi connectivity index (χ1v) is 6.83. The highest BCUT2D eigenvalue weighted by Crippen LogP contribution is 2.40. The number of ether oxygens (including phenoxy) is 3. The summed E-state index contributed by atoms with van der Waals surface area (Å²) in [6.07, 6.45) is 2.81. The predicted molar refractivity (Wildman–Crippen MR) is 73.0 cm³/mol. The molecular formula is C16H16O5. The van der Waals surface area contributed by atoms with Crippen LogP contribution in [0.3, 0.4) is 0 Å². The highest BCUT2D eigenvalue weighted by atomic mass is 16.6. The summed E-state index contributed by atoms with van der Waals surface area (Å²) in [5.41, 5.74) is 0.903. The minimum absolute atomic E-state index is 0.186. The van der Waals surface area contributed by atoms with Gasteiger partial charge >= 0.3 is 11.9 Å². The van der Waals surface area contributed by atoms with Crippen molar-refractivity contribution in [1.29, 1.82) is 0 Å². The first kappa shape index (κ1) is 13.8. The number of hydrogen-bond acceptors (Lipinski definition) is 5. The molecule has 1 saturated heterocycles. The van der Waals surface area contributed by atoms with E-state index in [0.717, 1.165) is 5.56 Å². The van der Waals surface area contributed by atoms with Gasteiger partial charge in [0.15, 0.2) is 0 Å². The molecule has 0 saturated carbocycles. The zero-order chi connectivity index (χ0) is 14.8. The van der Waals surface area contributed by atoms with E-state index in [1.54, 1.807) is 12.2 Å². The SMILES string of the molecule is COC(=O)C1C2C=CC(O2)C1C(=O)OCc1ccccc1. The van der Waals surface area contributed by atoms with Crippen molar-refractivity contribution >= 4 is 11.9 Å². The van der Waals surface area contributed by atoms with Gasteiger partial charge in [-0.1, -0.05) is 42.5 Å². The van der Waals surface area contributed by atoms with E-state index in [1.165, 1.54) is 7.11 Å². The topological polar surface area (TPSA) is 61.8 Å². The van der Waals surface area contributed by atoms with Crippen LogP contribution in [-0.2, 0) is 30.4 Å². The van der Waals surface area contributed by atoms with Crippen LogP contribution in [0, 0.1) is 11.8 Å². The van der Waals surface area contributed by atoms with Gasteiger partial charge in [-0.15, -0.1) is 0 Å². The van der Waals surface area contributed by atoms with E-state index in [1.807, 2.05) is 30.3 Å². The van der Waals surface area contributed by atoms with Gasteiger partial charge in [0, 0.05) is 0 Å². The second-order valence-corrected chi connectivity index (χ2v) is 5.12. The molecule has 110 valence electrons. The first-order chi connectivity index (χ1) is 10.2. The number of carbonyl (C=O) groups is 2. The molecule has 2 aliphatic rings. The maximum absolute atomic E-state index is 12.3. The third-order valence-electron chi connectivity index (χ3n) is 3.87. The molecule has 21 heavy (non-hydrogen) atoms. The number of fused-ring (bicyclic) bond motifs is 2. The lowest BCUT2D eigenvalue weighted by Crippen LogP contribution is -2.37. The molecule has 2 heterocycles. The second kappa shape index (κ2) is 5.69. The Hall–Kier alpha value is -2.14. The van der Waals surface area contributed by atoms with Crippen molar-refractivity contribution in [1.82, 2.24) is 0 Å². The van der Waals surface area contributed by atoms with Crippen LogP contribution < -0.4 is 0 Å². The van der Waals surface area contributed by atoms with E-state index in [0.29, 0.717) is 0 Å². The Morgan fingerprint density at radius 2 is 1.67 bits per heavy atom. The molecule has 4 atom stereocenters. The lowest BCUT2D eigenvalue weighted by molar-refractivity contribution is -0.159. The lowest BCUT2D eigenvalue weighted by atomic mass is 9.83. The molecule has 0 N–H and O–H groups in total. The normalized spacial score (nSPS) is 29.4. The molecule has 0 aliphatic carbocycles. The molecule has 0 spiro atoms. The van der Waals surface area contributed by atoms with Crippen LogP contribution in [-0.4, -0.2) is 31.3 Å². The summed E-state index contributed by atoms with van der Waals surface area (Å²) in [5.74, 6) is -2.11. The number of benzene rings is 1. The van der Waals surface area contributed by atoms with Gasteiger partial charge < -0.3 is 14.2 Å². The maximum atomic E-state index is 12.3. The van der Waals surface area contributed by atoms with Crippen molar-refractivity contribution in [3.63, 3.8) is 0 Å². The van der Waals surface area contributed by atoms with Crippen molar-refractivity contribution in [2.24, 2.45) is 11.8 Å². The molecule has 5 nitrogen and oxygen atoms in total. The smallest absolute Gasteiger partial charge is 0.313 e. The molecule has 0 radical (unpaired) electrons. The van der Waals surface area contributed by atoms with E-state index >= 15 is 0 Å². The standard InChI is InChI=1S/C16H16O5/c1-19-15(17)13-11-7-8-12(21-11)14(13)16(18)20-9-10-5-3-2-4-6-10/h2-8,11-14H,9H2,1H3. The summed E-state index contributed by atoms with van der Waals surface area (Å²) in [5, 5.41) is 0. The number of carbonyl (C=O) groups excluding carboxylic acids is 2. The van der Waals surface area contributed by atoms with Crippen molar-refractivity contribution in [2.75, 3.05) is 7.11 Å².